The molecule has 25 heavy (non-hydrogen) atoms. The van der Waals surface area contributed by atoms with Gasteiger partial charge in [0.05, 0.1) is 10.6 Å². The van der Waals surface area contributed by atoms with E-state index in [1.807, 2.05) is 36.4 Å². The topological polar surface area (TPSA) is 40.6 Å². The van der Waals surface area contributed by atoms with Crippen LogP contribution in [-0.2, 0) is 9.84 Å². The fraction of sp³-hybridized carbons (Fsp3) is 0.222. The molecule has 0 atom stereocenters. The molecule has 0 bridgehead atoms. The highest BCUT2D eigenvalue weighted by Gasteiger charge is 2.37. The third kappa shape index (κ3) is 2.80. The summed E-state index contributed by atoms with van der Waals surface area (Å²) in [6.07, 6.45) is 0. The highest BCUT2D eigenvalue weighted by Crippen LogP contribution is 2.43. The fourth-order valence-electron chi connectivity index (χ4n) is 3.38. The van der Waals surface area contributed by atoms with Crippen LogP contribution in [0.2, 0.25) is 5.02 Å². The molecule has 7 heteroatoms. The Labute approximate surface area is 157 Å². The number of fused-ring (bicyclic) bond motifs is 1. The van der Waals surface area contributed by atoms with E-state index in [4.69, 9.17) is 23.2 Å². The number of nitrogens with zero attached hydrogens (tertiary/aromatic N) is 2. The maximum absolute atomic E-state index is 12.5. The van der Waals surface area contributed by atoms with Crippen LogP contribution in [0.15, 0.2) is 57.8 Å². The lowest BCUT2D eigenvalue weighted by molar-refractivity contribution is 0.367. The van der Waals surface area contributed by atoms with Gasteiger partial charge in [-0.3, -0.25) is 0 Å². The lowest BCUT2D eigenvalue weighted by atomic mass is 10.1. The van der Waals surface area contributed by atoms with Crippen molar-refractivity contribution in [3.05, 3.63) is 63.5 Å². The molecule has 4 rings (SSSR count). The Kier molecular flexibility index (Phi) is 4.18. The maximum atomic E-state index is 12.5. The zero-order valence-corrected chi connectivity index (χ0v) is 15.7. The summed E-state index contributed by atoms with van der Waals surface area (Å²) in [5, 5.41) is 0.710. The second-order valence-electron chi connectivity index (χ2n) is 6.08. The van der Waals surface area contributed by atoms with Gasteiger partial charge in [-0.15, -0.1) is 0 Å². The van der Waals surface area contributed by atoms with Crippen LogP contribution in [0.3, 0.4) is 0 Å². The summed E-state index contributed by atoms with van der Waals surface area (Å²) in [6, 6.07) is 14.8. The summed E-state index contributed by atoms with van der Waals surface area (Å²) in [6.45, 7) is 2.94. The van der Waals surface area contributed by atoms with E-state index in [0.29, 0.717) is 34.3 Å². The lowest BCUT2D eigenvalue weighted by Gasteiger charge is -2.38. The van der Waals surface area contributed by atoms with Gasteiger partial charge in [0.2, 0.25) is 9.84 Å². The van der Waals surface area contributed by atoms with Crippen LogP contribution in [0.4, 0.5) is 5.69 Å². The molecule has 0 amide bonds. The lowest BCUT2D eigenvalue weighted by Crippen LogP contribution is -2.45. The number of hydrogen-bond acceptors (Lipinski definition) is 4. The van der Waals surface area contributed by atoms with Crippen molar-refractivity contribution in [3.8, 4) is 0 Å². The van der Waals surface area contributed by atoms with Gasteiger partial charge >= 0.3 is 0 Å². The van der Waals surface area contributed by atoms with Crippen LogP contribution in [-0.4, -0.2) is 39.5 Å². The Bertz CT molecular complexity index is 965. The van der Waals surface area contributed by atoms with Crippen LogP contribution >= 0.6 is 23.2 Å². The number of halogens is 2. The van der Waals surface area contributed by atoms with E-state index in [1.54, 1.807) is 12.1 Å². The fourth-order valence-corrected chi connectivity index (χ4v) is 5.44. The molecule has 0 unspecified atom stereocenters. The normalized spacial score (nSPS) is 19.3. The minimum Gasteiger partial charge on any atom is -0.368 e. The first-order chi connectivity index (χ1) is 12.0. The van der Waals surface area contributed by atoms with Crippen LogP contribution in [0.5, 0.6) is 0 Å². The van der Waals surface area contributed by atoms with E-state index in [1.165, 1.54) is 0 Å². The average Bonchev–Trinajstić information content (AvgIpc) is 2.82. The molecule has 2 aliphatic heterocycles. The third-order valence-electron chi connectivity index (χ3n) is 4.62. The van der Waals surface area contributed by atoms with Gasteiger partial charge in [0.1, 0.15) is 0 Å². The zero-order valence-electron chi connectivity index (χ0n) is 13.3. The zero-order chi connectivity index (χ0) is 17.6. The number of hydrogen-bond donors (Lipinski definition) is 0. The minimum atomic E-state index is -3.58. The molecule has 130 valence electrons. The summed E-state index contributed by atoms with van der Waals surface area (Å²) >= 11 is 12.3. The summed E-state index contributed by atoms with van der Waals surface area (Å²) in [7, 11) is -3.58. The number of anilines is 1. The Hall–Kier alpha value is -1.69. The molecule has 2 aromatic carbocycles. The van der Waals surface area contributed by atoms with Gasteiger partial charge in [-0.25, -0.2) is 8.42 Å². The summed E-state index contributed by atoms with van der Waals surface area (Å²) in [5.74, 6) is 0. The predicted molar refractivity (Wildman–Crippen MR) is 102 cm³/mol. The van der Waals surface area contributed by atoms with Crippen molar-refractivity contribution in [1.82, 2.24) is 4.90 Å². The van der Waals surface area contributed by atoms with Crippen molar-refractivity contribution in [3.63, 3.8) is 0 Å². The van der Waals surface area contributed by atoms with Crippen LogP contribution in [0.25, 0.3) is 5.70 Å². The molecule has 2 aliphatic rings. The molecule has 2 heterocycles. The molecule has 4 nitrogen and oxygen atoms in total. The SMILES string of the molecule is O=S1(=O)C(Cl)=C(N2CCN(c3cccc(Cl)c3)CC2)c2ccccc21. The van der Waals surface area contributed by atoms with Crippen LogP contribution in [0.1, 0.15) is 5.56 Å². The molecular formula is C18H16Cl2N2O2S. The highest BCUT2D eigenvalue weighted by atomic mass is 35.5. The standard InChI is InChI=1S/C18H16Cl2N2O2S/c19-13-4-3-5-14(12-13)21-8-10-22(11-9-21)17-15-6-1-2-7-16(15)25(23,24)18(17)20/h1-7,12H,8-11H2. The van der Waals surface area contributed by atoms with E-state index >= 15 is 0 Å². The van der Waals surface area contributed by atoms with Gasteiger partial charge in [-0.2, -0.15) is 0 Å². The second kappa shape index (κ2) is 6.24. The molecule has 0 aromatic heterocycles. The Morgan fingerprint density at radius 3 is 2.24 bits per heavy atom. The van der Waals surface area contributed by atoms with Crippen molar-refractivity contribution in [1.29, 1.82) is 0 Å². The van der Waals surface area contributed by atoms with Crippen LogP contribution in [0, 0.1) is 0 Å². The van der Waals surface area contributed by atoms with Crippen LogP contribution < -0.4 is 4.90 Å². The molecular weight excluding hydrogens is 379 g/mol. The van der Waals surface area contributed by atoms with Gasteiger partial charge in [-0.05, 0) is 24.3 Å². The van der Waals surface area contributed by atoms with E-state index in [0.717, 1.165) is 18.8 Å². The van der Waals surface area contributed by atoms with E-state index in [-0.39, 0.29) is 4.36 Å². The van der Waals surface area contributed by atoms with E-state index in [2.05, 4.69) is 9.80 Å². The number of sulfone groups is 1. The average molecular weight is 395 g/mol. The smallest absolute Gasteiger partial charge is 0.220 e. The third-order valence-corrected chi connectivity index (χ3v) is 7.25. The van der Waals surface area contributed by atoms with Crippen molar-refractivity contribution < 1.29 is 8.42 Å². The molecule has 0 aliphatic carbocycles. The summed E-state index contributed by atoms with van der Waals surface area (Å²) < 4.78 is 25.0. The van der Waals surface area contributed by atoms with Gasteiger partial charge in [0.25, 0.3) is 0 Å². The maximum Gasteiger partial charge on any atom is 0.220 e. The van der Waals surface area contributed by atoms with E-state index in [9.17, 15) is 8.42 Å². The molecule has 0 saturated carbocycles. The highest BCUT2D eigenvalue weighted by molar-refractivity contribution is 7.97. The van der Waals surface area contributed by atoms with Gasteiger partial charge in [0, 0.05) is 42.5 Å². The monoisotopic (exact) mass is 394 g/mol. The first-order valence-corrected chi connectivity index (χ1v) is 10.2. The summed E-state index contributed by atoms with van der Waals surface area (Å²) in [4.78, 5) is 4.60. The molecule has 1 saturated heterocycles. The minimum absolute atomic E-state index is 0.0649. The molecule has 0 N–H and O–H groups in total. The van der Waals surface area contributed by atoms with Gasteiger partial charge in [0.15, 0.2) is 4.36 Å². The van der Waals surface area contributed by atoms with Crippen molar-refractivity contribution in [2.75, 3.05) is 31.1 Å². The van der Waals surface area contributed by atoms with Crippen molar-refractivity contribution in [2.45, 2.75) is 4.90 Å². The number of benzene rings is 2. The first-order valence-electron chi connectivity index (χ1n) is 7.98. The first kappa shape index (κ1) is 16.8. The number of piperazine rings is 1. The van der Waals surface area contributed by atoms with Gasteiger partial charge < -0.3 is 9.80 Å². The van der Waals surface area contributed by atoms with Gasteiger partial charge in [-0.1, -0.05) is 47.5 Å². The molecule has 2 aromatic rings. The van der Waals surface area contributed by atoms with E-state index < -0.39 is 9.84 Å². The quantitative estimate of drug-likeness (QED) is 0.776. The molecule has 1 fully saturated rings. The summed E-state index contributed by atoms with van der Waals surface area (Å²) in [5.41, 5.74) is 2.40. The Balaban J connectivity index is 1.60. The van der Waals surface area contributed by atoms with Crippen molar-refractivity contribution in [2.24, 2.45) is 0 Å². The second-order valence-corrected chi connectivity index (χ2v) is 8.97. The molecule has 0 radical (unpaired) electrons. The van der Waals surface area contributed by atoms with Crippen molar-refractivity contribution >= 4 is 44.4 Å². The predicted octanol–water partition coefficient (Wildman–Crippen LogP) is 3.81. The number of rotatable bonds is 2. The largest absolute Gasteiger partial charge is 0.368 e. The Morgan fingerprint density at radius 1 is 0.840 bits per heavy atom. The Morgan fingerprint density at radius 2 is 1.52 bits per heavy atom. The molecule has 0 spiro atoms.